The van der Waals surface area contributed by atoms with Crippen LogP contribution in [0.3, 0.4) is 0 Å². The fraction of sp³-hybridized carbons (Fsp3) is 0.450. The molecule has 0 bridgehead atoms. The first kappa shape index (κ1) is 16.1. The molecule has 0 radical (unpaired) electrons. The van der Waals surface area contributed by atoms with Gasteiger partial charge in [0.2, 0.25) is 0 Å². The minimum Gasteiger partial charge on any atom is -0.324 e. The van der Waals surface area contributed by atoms with E-state index in [1.807, 2.05) is 28.1 Å². The van der Waals surface area contributed by atoms with Gasteiger partial charge in [-0.25, -0.2) is 4.79 Å². The molecule has 0 aliphatic carbocycles. The Bertz CT molecular complexity index is 774. The van der Waals surface area contributed by atoms with Crippen molar-refractivity contribution >= 4 is 11.7 Å². The highest BCUT2D eigenvalue weighted by atomic mass is 16.2. The summed E-state index contributed by atoms with van der Waals surface area (Å²) in [6.07, 6.45) is 5.51. The molecular formula is C20H24N4O. The number of anilines is 1. The van der Waals surface area contributed by atoms with Crippen molar-refractivity contribution in [1.29, 1.82) is 0 Å². The lowest BCUT2D eigenvalue weighted by atomic mass is 9.78. The van der Waals surface area contributed by atoms with Crippen molar-refractivity contribution in [3.63, 3.8) is 0 Å². The summed E-state index contributed by atoms with van der Waals surface area (Å²) in [4.78, 5) is 17.1. The summed E-state index contributed by atoms with van der Waals surface area (Å²) in [5.74, 6) is 0.357. The molecule has 2 aliphatic rings. The zero-order valence-corrected chi connectivity index (χ0v) is 14.9. The monoisotopic (exact) mass is 336 g/mol. The number of amides is 2. The summed E-state index contributed by atoms with van der Waals surface area (Å²) in [6, 6.07) is 10.5. The number of urea groups is 1. The summed E-state index contributed by atoms with van der Waals surface area (Å²) in [6.45, 7) is 6.85. The van der Waals surface area contributed by atoms with E-state index in [4.69, 9.17) is 0 Å². The molecule has 0 N–H and O–H groups in total. The number of carbonyl (C=O) groups excluding carboxylic acids is 1. The highest BCUT2D eigenvalue weighted by molar-refractivity contribution is 5.94. The minimum absolute atomic E-state index is 0.115. The Morgan fingerprint density at radius 3 is 2.80 bits per heavy atom. The van der Waals surface area contributed by atoms with E-state index in [1.165, 1.54) is 11.1 Å². The van der Waals surface area contributed by atoms with Gasteiger partial charge in [0.25, 0.3) is 0 Å². The van der Waals surface area contributed by atoms with E-state index in [9.17, 15) is 4.79 Å². The lowest BCUT2D eigenvalue weighted by Crippen LogP contribution is -2.47. The lowest BCUT2D eigenvalue weighted by molar-refractivity contribution is 0.213. The maximum atomic E-state index is 13.2. The fourth-order valence-corrected chi connectivity index (χ4v) is 4.05. The third-order valence-corrected chi connectivity index (χ3v) is 5.65. The van der Waals surface area contributed by atoms with Gasteiger partial charge in [-0.1, -0.05) is 32.0 Å². The summed E-state index contributed by atoms with van der Waals surface area (Å²) in [5, 5.41) is 7.82. The van der Waals surface area contributed by atoms with Gasteiger partial charge >= 0.3 is 6.03 Å². The number of rotatable bonds is 1. The van der Waals surface area contributed by atoms with Gasteiger partial charge in [0.05, 0.1) is 6.20 Å². The molecule has 1 aromatic heterocycles. The smallest absolute Gasteiger partial charge is 0.324 e. The SMILES string of the molecule is CC1(C)CCN(C(=O)N2CCC(c3ccnnc3)C2)c2ccccc21. The quantitative estimate of drug-likeness (QED) is 0.800. The summed E-state index contributed by atoms with van der Waals surface area (Å²) >= 11 is 0. The number of likely N-dealkylation sites (tertiary alicyclic amines) is 1. The van der Waals surface area contributed by atoms with Crippen LogP contribution in [0.5, 0.6) is 0 Å². The number of aromatic nitrogens is 2. The highest BCUT2D eigenvalue weighted by Crippen LogP contribution is 2.40. The van der Waals surface area contributed by atoms with Crippen LogP contribution in [0.25, 0.3) is 0 Å². The van der Waals surface area contributed by atoms with Crippen LogP contribution in [0.1, 0.15) is 43.7 Å². The number of fused-ring (bicyclic) bond motifs is 1. The lowest BCUT2D eigenvalue weighted by Gasteiger charge is -2.40. The van der Waals surface area contributed by atoms with Crippen molar-refractivity contribution in [2.24, 2.45) is 0 Å². The number of para-hydroxylation sites is 1. The average molecular weight is 336 g/mol. The van der Waals surface area contributed by atoms with Gasteiger partial charge in [-0.05, 0) is 41.5 Å². The van der Waals surface area contributed by atoms with Crippen LogP contribution in [0.15, 0.2) is 42.7 Å². The van der Waals surface area contributed by atoms with Crippen LogP contribution in [0, 0.1) is 0 Å². The molecule has 3 heterocycles. The van der Waals surface area contributed by atoms with E-state index in [1.54, 1.807) is 6.20 Å². The Kier molecular flexibility index (Phi) is 3.94. The third kappa shape index (κ3) is 2.88. The molecule has 1 fully saturated rings. The molecule has 1 saturated heterocycles. The first-order valence-electron chi connectivity index (χ1n) is 8.99. The largest absolute Gasteiger partial charge is 0.324 e. The second-order valence-corrected chi connectivity index (χ2v) is 7.69. The Hall–Kier alpha value is -2.43. The van der Waals surface area contributed by atoms with Crippen LogP contribution in [0.2, 0.25) is 0 Å². The fourth-order valence-electron chi connectivity index (χ4n) is 4.05. The average Bonchev–Trinajstić information content (AvgIpc) is 3.12. The number of hydrogen-bond donors (Lipinski definition) is 0. The number of carbonyl (C=O) groups is 1. The molecular weight excluding hydrogens is 312 g/mol. The maximum absolute atomic E-state index is 13.2. The molecule has 0 spiro atoms. The van der Waals surface area contributed by atoms with E-state index in [2.05, 4.69) is 42.2 Å². The van der Waals surface area contributed by atoms with Crippen molar-refractivity contribution in [2.45, 2.75) is 38.0 Å². The summed E-state index contributed by atoms with van der Waals surface area (Å²) in [7, 11) is 0. The van der Waals surface area contributed by atoms with Crippen LogP contribution in [0.4, 0.5) is 10.5 Å². The topological polar surface area (TPSA) is 49.3 Å². The van der Waals surface area contributed by atoms with Crippen LogP contribution in [-0.4, -0.2) is 40.8 Å². The molecule has 4 rings (SSSR count). The zero-order chi connectivity index (χ0) is 17.4. The molecule has 1 unspecified atom stereocenters. The molecule has 1 aromatic carbocycles. The highest BCUT2D eigenvalue weighted by Gasteiger charge is 2.37. The molecule has 5 heteroatoms. The van der Waals surface area contributed by atoms with Gasteiger partial charge in [-0.2, -0.15) is 10.2 Å². The van der Waals surface area contributed by atoms with Gasteiger partial charge in [-0.15, -0.1) is 0 Å². The predicted octanol–water partition coefficient (Wildman–Crippen LogP) is 3.57. The van der Waals surface area contributed by atoms with Crippen LogP contribution in [-0.2, 0) is 5.41 Å². The first-order chi connectivity index (χ1) is 12.1. The predicted molar refractivity (Wildman–Crippen MR) is 97.8 cm³/mol. The maximum Gasteiger partial charge on any atom is 0.324 e. The number of nitrogens with zero attached hydrogens (tertiary/aromatic N) is 4. The molecule has 1 atom stereocenters. The van der Waals surface area contributed by atoms with E-state index < -0.39 is 0 Å². The molecule has 130 valence electrons. The Morgan fingerprint density at radius 2 is 2.00 bits per heavy atom. The van der Waals surface area contributed by atoms with Crippen molar-refractivity contribution in [1.82, 2.24) is 15.1 Å². The zero-order valence-electron chi connectivity index (χ0n) is 14.9. The van der Waals surface area contributed by atoms with Crippen molar-refractivity contribution in [3.05, 3.63) is 53.9 Å². The Labute approximate surface area is 148 Å². The van der Waals surface area contributed by atoms with Crippen LogP contribution < -0.4 is 4.90 Å². The molecule has 2 amide bonds. The van der Waals surface area contributed by atoms with Crippen molar-refractivity contribution < 1.29 is 4.79 Å². The minimum atomic E-state index is 0.115. The van der Waals surface area contributed by atoms with E-state index in [0.717, 1.165) is 38.2 Å². The van der Waals surface area contributed by atoms with Gasteiger partial charge in [-0.3, -0.25) is 4.90 Å². The summed E-state index contributed by atoms with van der Waals surface area (Å²) in [5.41, 5.74) is 3.62. The molecule has 2 aliphatic heterocycles. The standard InChI is InChI=1S/C20H24N4O/c1-20(2)9-12-24(18-6-4-3-5-17(18)20)19(25)23-11-8-16(14-23)15-7-10-21-22-13-15/h3-7,10,13,16H,8-9,11-12,14H2,1-2H3. The second-order valence-electron chi connectivity index (χ2n) is 7.69. The van der Waals surface area contributed by atoms with E-state index in [-0.39, 0.29) is 11.4 Å². The normalized spacial score (nSPS) is 21.9. The van der Waals surface area contributed by atoms with Gasteiger partial charge in [0, 0.05) is 37.4 Å². The molecule has 0 saturated carbocycles. The number of benzene rings is 1. The van der Waals surface area contributed by atoms with Crippen LogP contribution >= 0.6 is 0 Å². The second kappa shape index (κ2) is 6.14. The third-order valence-electron chi connectivity index (χ3n) is 5.65. The van der Waals surface area contributed by atoms with E-state index >= 15 is 0 Å². The van der Waals surface area contributed by atoms with Crippen molar-refractivity contribution in [3.8, 4) is 0 Å². The Balaban J connectivity index is 1.54. The Morgan fingerprint density at radius 1 is 1.16 bits per heavy atom. The number of hydrogen-bond acceptors (Lipinski definition) is 3. The first-order valence-corrected chi connectivity index (χ1v) is 8.99. The van der Waals surface area contributed by atoms with E-state index in [0.29, 0.717) is 5.92 Å². The molecule has 2 aromatic rings. The summed E-state index contributed by atoms with van der Waals surface area (Å²) < 4.78 is 0. The van der Waals surface area contributed by atoms with Gasteiger partial charge in [0.1, 0.15) is 0 Å². The van der Waals surface area contributed by atoms with Gasteiger partial charge in [0.15, 0.2) is 0 Å². The molecule has 5 nitrogen and oxygen atoms in total. The van der Waals surface area contributed by atoms with Crippen molar-refractivity contribution in [2.75, 3.05) is 24.5 Å². The molecule has 25 heavy (non-hydrogen) atoms. The van der Waals surface area contributed by atoms with Gasteiger partial charge < -0.3 is 4.90 Å².